The molecular weight excluding hydrogens is 166 g/mol. The first-order chi connectivity index (χ1) is 6.19. The van der Waals surface area contributed by atoms with Crippen molar-refractivity contribution in [1.82, 2.24) is 0 Å². The van der Waals surface area contributed by atoms with Gasteiger partial charge in [-0.25, -0.2) is 0 Å². The Balaban J connectivity index is 3.18. The Morgan fingerprint density at radius 2 is 2.15 bits per heavy atom. The molecule has 0 fully saturated rings. The smallest absolute Gasteiger partial charge is 0.121 e. The zero-order valence-electron chi connectivity index (χ0n) is 7.37. The van der Waals surface area contributed by atoms with Gasteiger partial charge in [0.2, 0.25) is 0 Å². The number of nitrogen functional groups attached to an aromatic ring is 2. The number of hydrogen-bond donors (Lipinski definition) is 2. The predicted octanol–water partition coefficient (Wildman–Crippen LogP) is 0.926. The van der Waals surface area contributed by atoms with E-state index in [-0.39, 0.29) is 6.42 Å². The van der Waals surface area contributed by atoms with Crippen molar-refractivity contribution in [3.63, 3.8) is 0 Å². The summed E-state index contributed by atoms with van der Waals surface area (Å²) in [5, 5.41) is 8.51. The summed E-state index contributed by atoms with van der Waals surface area (Å²) in [5.41, 5.74) is 12.9. The fourth-order valence-electron chi connectivity index (χ4n) is 1.06. The number of anilines is 2. The van der Waals surface area contributed by atoms with E-state index in [0.29, 0.717) is 22.7 Å². The molecule has 1 aromatic carbocycles. The molecule has 0 saturated carbocycles. The number of nitrogens with zero attached hydrogens (tertiary/aromatic N) is 1. The van der Waals surface area contributed by atoms with Crippen LogP contribution in [-0.2, 0) is 6.42 Å². The molecule has 1 rings (SSSR count). The summed E-state index contributed by atoms with van der Waals surface area (Å²) >= 11 is 0. The quantitative estimate of drug-likeness (QED) is 0.658. The number of rotatable bonds is 2. The van der Waals surface area contributed by atoms with E-state index in [1.165, 1.54) is 0 Å². The molecule has 0 atom stereocenters. The van der Waals surface area contributed by atoms with Crippen LogP contribution in [0.2, 0.25) is 0 Å². The highest BCUT2D eigenvalue weighted by molar-refractivity contribution is 5.70. The Hall–Kier alpha value is -1.89. The van der Waals surface area contributed by atoms with Gasteiger partial charge in [-0.3, -0.25) is 0 Å². The van der Waals surface area contributed by atoms with Crippen molar-refractivity contribution in [3.05, 3.63) is 17.7 Å². The molecule has 4 nitrogen and oxygen atoms in total. The summed E-state index contributed by atoms with van der Waals surface area (Å²) in [6.45, 7) is 0. The van der Waals surface area contributed by atoms with E-state index < -0.39 is 0 Å². The van der Waals surface area contributed by atoms with Crippen molar-refractivity contribution in [1.29, 1.82) is 5.26 Å². The number of nitrogens with two attached hydrogens (primary N) is 2. The summed E-state index contributed by atoms with van der Waals surface area (Å²) in [6, 6.07) is 5.36. The Morgan fingerprint density at radius 1 is 1.46 bits per heavy atom. The maximum atomic E-state index is 8.51. The molecule has 1 aromatic rings. The normalized spacial score (nSPS) is 9.23. The molecular formula is C9H11N3O. The summed E-state index contributed by atoms with van der Waals surface area (Å²) in [6.07, 6.45) is 0.243. The Bertz CT molecular complexity index is 355. The first-order valence-electron chi connectivity index (χ1n) is 3.78. The van der Waals surface area contributed by atoms with Crippen LogP contribution >= 0.6 is 0 Å². The lowest BCUT2D eigenvalue weighted by molar-refractivity contribution is 0.414. The molecule has 0 radical (unpaired) electrons. The van der Waals surface area contributed by atoms with E-state index in [1.54, 1.807) is 19.2 Å². The van der Waals surface area contributed by atoms with E-state index >= 15 is 0 Å². The van der Waals surface area contributed by atoms with E-state index in [2.05, 4.69) is 0 Å². The fraction of sp³-hybridized carbons (Fsp3) is 0.222. The molecule has 0 spiro atoms. The second-order valence-corrected chi connectivity index (χ2v) is 2.62. The Morgan fingerprint density at radius 3 is 2.69 bits per heavy atom. The maximum absolute atomic E-state index is 8.51. The Labute approximate surface area is 76.7 Å². The minimum Gasteiger partial charge on any atom is -0.497 e. The molecule has 4 heteroatoms. The highest BCUT2D eigenvalue weighted by Crippen LogP contribution is 2.26. The van der Waals surface area contributed by atoms with Crippen molar-refractivity contribution in [2.75, 3.05) is 18.6 Å². The van der Waals surface area contributed by atoms with Gasteiger partial charge in [0.05, 0.1) is 31.0 Å². The molecule has 0 unspecified atom stereocenters. The standard InChI is InChI=1S/C9H11N3O/c1-13-7-4-6(2-3-10)9(12)8(11)5-7/h4-5H,2,11-12H2,1H3. The van der Waals surface area contributed by atoms with Gasteiger partial charge in [0.1, 0.15) is 5.75 Å². The van der Waals surface area contributed by atoms with Gasteiger partial charge in [0, 0.05) is 6.07 Å². The van der Waals surface area contributed by atoms with Gasteiger partial charge < -0.3 is 16.2 Å². The van der Waals surface area contributed by atoms with Crippen molar-refractivity contribution in [3.8, 4) is 11.8 Å². The molecule has 68 valence electrons. The second kappa shape index (κ2) is 3.68. The van der Waals surface area contributed by atoms with Crippen LogP contribution in [0.4, 0.5) is 11.4 Å². The van der Waals surface area contributed by atoms with Crippen LogP contribution < -0.4 is 16.2 Å². The summed E-state index contributed by atoms with van der Waals surface area (Å²) in [5.74, 6) is 0.622. The van der Waals surface area contributed by atoms with Crippen LogP contribution in [0.1, 0.15) is 5.56 Å². The van der Waals surface area contributed by atoms with Gasteiger partial charge in [-0.05, 0) is 11.6 Å². The lowest BCUT2D eigenvalue weighted by Gasteiger charge is -2.08. The zero-order valence-corrected chi connectivity index (χ0v) is 7.37. The third kappa shape index (κ3) is 1.82. The maximum Gasteiger partial charge on any atom is 0.121 e. The van der Waals surface area contributed by atoms with Crippen LogP contribution in [0.15, 0.2) is 12.1 Å². The topological polar surface area (TPSA) is 85.1 Å². The molecule has 0 aliphatic carbocycles. The first kappa shape index (κ1) is 9.20. The van der Waals surface area contributed by atoms with Crippen molar-refractivity contribution < 1.29 is 4.74 Å². The van der Waals surface area contributed by atoms with Crippen molar-refractivity contribution >= 4 is 11.4 Å². The van der Waals surface area contributed by atoms with E-state index in [4.69, 9.17) is 21.5 Å². The first-order valence-corrected chi connectivity index (χ1v) is 3.78. The molecule has 4 N–H and O–H groups in total. The fourth-order valence-corrected chi connectivity index (χ4v) is 1.06. The molecule has 0 aromatic heterocycles. The monoisotopic (exact) mass is 177 g/mol. The largest absolute Gasteiger partial charge is 0.497 e. The number of hydrogen-bond acceptors (Lipinski definition) is 4. The van der Waals surface area contributed by atoms with Crippen molar-refractivity contribution in [2.45, 2.75) is 6.42 Å². The third-order valence-corrected chi connectivity index (χ3v) is 1.78. The SMILES string of the molecule is COc1cc(N)c(N)c(CC#N)c1. The average molecular weight is 177 g/mol. The molecule has 0 bridgehead atoms. The summed E-state index contributed by atoms with van der Waals surface area (Å²) < 4.78 is 4.99. The minimum absolute atomic E-state index is 0.243. The number of methoxy groups -OCH3 is 1. The molecule has 0 heterocycles. The highest BCUT2D eigenvalue weighted by atomic mass is 16.5. The zero-order chi connectivity index (χ0) is 9.84. The highest BCUT2D eigenvalue weighted by Gasteiger charge is 2.05. The third-order valence-electron chi connectivity index (χ3n) is 1.78. The molecule has 13 heavy (non-hydrogen) atoms. The number of nitriles is 1. The van der Waals surface area contributed by atoms with Crippen LogP contribution in [0.5, 0.6) is 5.75 Å². The Kier molecular flexibility index (Phi) is 2.60. The summed E-state index contributed by atoms with van der Waals surface area (Å²) in [4.78, 5) is 0. The molecule has 0 aliphatic rings. The predicted molar refractivity (Wildman–Crippen MR) is 51.1 cm³/mol. The van der Waals surface area contributed by atoms with Crippen molar-refractivity contribution in [2.24, 2.45) is 0 Å². The van der Waals surface area contributed by atoms with E-state index in [9.17, 15) is 0 Å². The van der Waals surface area contributed by atoms with Crippen LogP contribution in [-0.4, -0.2) is 7.11 Å². The van der Waals surface area contributed by atoms with Gasteiger partial charge >= 0.3 is 0 Å². The van der Waals surface area contributed by atoms with Gasteiger partial charge in [0.25, 0.3) is 0 Å². The van der Waals surface area contributed by atoms with E-state index in [0.717, 1.165) is 0 Å². The van der Waals surface area contributed by atoms with Gasteiger partial charge in [0.15, 0.2) is 0 Å². The minimum atomic E-state index is 0.243. The van der Waals surface area contributed by atoms with Gasteiger partial charge in [-0.1, -0.05) is 0 Å². The van der Waals surface area contributed by atoms with Gasteiger partial charge in [-0.15, -0.1) is 0 Å². The van der Waals surface area contributed by atoms with Gasteiger partial charge in [-0.2, -0.15) is 5.26 Å². The average Bonchev–Trinajstić information content (AvgIpc) is 2.13. The van der Waals surface area contributed by atoms with Crippen LogP contribution in [0, 0.1) is 11.3 Å². The molecule has 0 aliphatic heterocycles. The second-order valence-electron chi connectivity index (χ2n) is 2.62. The number of benzene rings is 1. The number of ether oxygens (including phenoxy) is 1. The van der Waals surface area contributed by atoms with E-state index in [1.807, 2.05) is 6.07 Å². The van der Waals surface area contributed by atoms with Crippen LogP contribution in [0.3, 0.4) is 0 Å². The molecule has 0 saturated heterocycles. The lowest BCUT2D eigenvalue weighted by atomic mass is 10.1. The van der Waals surface area contributed by atoms with Crippen LogP contribution in [0.25, 0.3) is 0 Å². The summed E-state index contributed by atoms with van der Waals surface area (Å²) in [7, 11) is 1.54. The lowest BCUT2D eigenvalue weighted by Crippen LogP contribution is -2.00. The molecule has 0 amide bonds.